The molecule has 0 saturated carbocycles. The number of benzene rings is 3. The lowest BCUT2D eigenvalue weighted by Crippen LogP contribution is -2.34. The van der Waals surface area contributed by atoms with E-state index in [1.165, 1.54) is 17.2 Å². The Morgan fingerprint density at radius 2 is 1.62 bits per heavy atom. The van der Waals surface area contributed by atoms with E-state index in [1.807, 2.05) is 24.3 Å². The molecule has 1 heterocycles. The van der Waals surface area contributed by atoms with Gasteiger partial charge in [-0.05, 0) is 48.2 Å². The van der Waals surface area contributed by atoms with E-state index in [2.05, 4.69) is 70.5 Å². The third-order valence-electron chi connectivity index (χ3n) is 6.92. The summed E-state index contributed by atoms with van der Waals surface area (Å²) in [4.78, 5) is 15.8. The zero-order valence-corrected chi connectivity index (χ0v) is 22.6. The third kappa shape index (κ3) is 8.57. The number of aliphatic carboxylic acids is 1. The Kier molecular flexibility index (Phi) is 10.8. The minimum atomic E-state index is -0.970. The van der Waals surface area contributed by atoms with Crippen molar-refractivity contribution in [3.63, 3.8) is 0 Å². The molecule has 6 heteroatoms. The number of allylic oxidation sites excluding steroid dienone is 2. The fraction of sp³-hybridized carbons (Fsp3) is 0.303. The summed E-state index contributed by atoms with van der Waals surface area (Å²) in [6.07, 6.45) is 8.18. The molecular formula is C33H38N2O4. The molecule has 0 atom stereocenters. The van der Waals surface area contributed by atoms with E-state index in [0.717, 1.165) is 57.2 Å². The Bertz CT molecular complexity index is 1190. The predicted octanol–water partition coefficient (Wildman–Crippen LogP) is 5.92. The molecular weight excluding hydrogens is 488 g/mol. The first-order chi connectivity index (χ1) is 19.1. The van der Waals surface area contributed by atoms with Crippen LogP contribution in [0.25, 0.3) is 6.08 Å². The van der Waals surface area contributed by atoms with Crippen molar-refractivity contribution >= 4 is 12.0 Å². The standard InChI is InChI=1S/C33H38N2O4/c1-38-31-26-27(12-8-9-17-32(36)37)18-19-30(31)39-25-11-21-34-20-10-22-35(24-23-34)33(28-13-4-2-5-14-28)29-15-6-3-7-16-29/h2-9,12-19,26,33H,10-11,20-25H2,1H3,(H,36,37). The van der Waals surface area contributed by atoms with Gasteiger partial charge in [0, 0.05) is 32.3 Å². The summed E-state index contributed by atoms with van der Waals surface area (Å²) in [5, 5.41) is 8.69. The number of carboxylic acid groups (broad SMARTS) is 1. The molecule has 0 radical (unpaired) electrons. The number of carboxylic acids is 1. The normalized spacial score (nSPS) is 15.1. The Morgan fingerprint density at radius 3 is 2.28 bits per heavy atom. The molecule has 3 aromatic carbocycles. The first-order valence-electron chi connectivity index (χ1n) is 13.6. The summed E-state index contributed by atoms with van der Waals surface area (Å²) in [5.74, 6) is 0.408. The molecule has 0 spiro atoms. The van der Waals surface area contributed by atoms with Gasteiger partial charge in [-0.2, -0.15) is 0 Å². The molecule has 1 aliphatic rings. The Balaban J connectivity index is 1.28. The summed E-state index contributed by atoms with van der Waals surface area (Å²) >= 11 is 0. The van der Waals surface area contributed by atoms with E-state index in [4.69, 9.17) is 14.6 Å². The highest BCUT2D eigenvalue weighted by Gasteiger charge is 2.24. The quantitative estimate of drug-likeness (QED) is 0.180. The van der Waals surface area contributed by atoms with Crippen LogP contribution in [0.3, 0.4) is 0 Å². The highest BCUT2D eigenvalue weighted by atomic mass is 16.5. The molecule has 1 aliphatic heterocycles. The minimum Gasteiger partial charge on any atom is -0.493 e. The number of methoxy groups -OCH3 is 1. The van der Waals surface area contributed by atoms with Crippen molar-refractivity contribution < 1.29 is 19.4 Å². The summed E-state index contributed by atoms with van der Waals surface area (Å²) in [6.45, 7) is 5.84. The van der Waals surface area contributed by atoms with Crippen molar-refractivity contribution in [1.82, 2.24) is 9.80 Å². The number of nitrogens with zero attached hydrogens (tertiary/aromatic N) is 2. The lowest BCUT2D eigenvalue weighted by Gasteiger charge is -2.31. The Morgan fingerprint density at radius 1 is 0.897 bits per heavy atom. The monoisotopic (exact) mass is 526 g/mol. The van der Waals surface area contributed by atoms with Crippen molar-refractivity contribution in [2.75, 3.05) is 46.4 Å². The van der Waals surface area contributed by atoms with E-state index >= 15 is 0 Å². The molecule has 6 nitrogen and oxygen atoms in total. The third-order valence-corrected chi connectivity index (χ3v) is 6.92. The maximum Gasteiger partial charge on any atom is 0.328 e. The van der Waals surface area contributed by atoms with Crippen LogP contribution < -0.4 is 9.47 Å². The van der Waals surface area contributed by atoms with Gasteiger partial charge in [-0.3, -0.25) is 4.90 Å². The number of hydrogen-bond donors (Lipinski definition) is 1. The maximum atomic E-state index is 10.6. The summed E-state index contributed by atoms with van der Waals surface area (Å²) in [7, 11) is 1.63. The zero-order valence-electron chi connectivity index (χ0n) is 22.6. The molecule has 0 aromatic heterocycles. The molecule has 1 fully saturated rings. The molecule has 4 rings (SSSR count). The van der Waals surface area contributed by atoms with E-state index in [0.29, 0.717) is 18.1 Å². The molecule has 0 unspecified atom stereocenters. The molecule has 0 bridgehead atoms. The zero-order chi connectivity index (χ0) is 27.3. The van der Waals surface area contributed by atoms with Crippen LogP contribution in [0.2, 0.25) is 0 Å². The number of carbonyl (C=O) groups is 1. The first-order valence-corrected chi connectivity index (χ1v) is 13.6. The fourth-order valence-corrected chi connectivity index (χ4v) is 5.04. The van der Waals surface area contributed by atoms with Crippen LogP contribution in [-0.2, 0) is 4.79 Å². The van der Waals surface area contributed by atoms with Crippen molar-refractivity contribution in [3.05, 3.63) is 114 Å². The number of rotatable bonds is 12. The maximum absolute atomic E-state index is 10.6. The predicted molar refractivity (Wildman–Crippen MR) is 156 cm³/mol. The average Bonchev–Trinajstić information content (AvgIpc) is 3.20. The molecule has 1 saturated heterocycles. The second-order valence-corrected chi connectivity index (χ2v) is 9.62. The molecule has 204 valence electrons. The fourth-order valence-electron chi connectivity index (χ4n) is 5.04. The van der Waals surface area contributed by atoms with Gasteiger partial charge >= 0.3 is 5.97 Å². The Hall–Kier alpha value is -3.87. The van der Waals surface area contributed by atoms with Crippen LogP contribution in [0.4, 0.5) is 0 Å². The van der Waals surface area contributed by atoms with Crippen LogP contribution >= 0.6 is 0 Å². The van der Waals surface area contributed by atoms with Crippen molar-refractivity contribution in [2.24, 2.45) is 0 Å². The van der Waals surface area contributed by atoms with Crippen LogP contribution in [0.15, 0.2) is 97.1 Å². The second-order valence-electron chi connectivity index (χ2n) is 9.62. The smallest absolute Gasteiger partial charge is 0.328 e. The van der Waals surface area contributed by atoms with Crippen LogP contribution in [0.5, 0.6) is 11.5 Å². The largest absolute Gasteiger partial charge is 0.493 e. The van der Waals surface area contributed by atoms with Crippen molar-refractivity contribution in [3.8, 4) is 11.5 Å². The van der Waals surface area contributed by atoms with Crippen molar-refractivity contribution in [1.29, 1.82) is 0 Å². The topological polar surface area (TPSA) is 62.2 Å². The van der Waals surface area contributed by atoms with E-state index in [9.17, 15) is 4.79 Å². The van der Waals surface area contributed by atoms with E-state index in [-0.39, 0.29) is 6.04 Å². The van der Waals surface area contributed by atoms with Gasteiger partial charge in [-0.25, -0.2) is 4.79 Å². The molecule has 0 amide bonds. The summed E-state index contributed by atoms with van der Waals surface area (Å²) in [5.41, 5.74) is 3.60. The van der Waals surface area contributed by atoms with E-state index < -0.39 is 5.97 Å². The lowest BCUT2D eigenvalue weighted by atomic mass is 9.97. The minimum absolute atomic E-state index is 0.272. The second kappa shape index (κ2) is 14.9. The van der Waals surface area contributed by atoms with Gasteiger partial charge in [-0.1, -0.05) is 85.0 Å². The van der Waals surface area contributed by atoms with Gasteiger partial charge in [0.2, 0.25) is 0 Å². The Labute approximate surface area is 231 Å². The number of ether oxygens (including phenoxy) is 2. The number of hydrogen-bond acceptors (Lipinski definition) is 5. The molecule has 1 N–H and O–H groups in total. The van der Waals surface area contributed by atoms with Gasteiger partial charge in [0.25, 0.3) is 0 Å². The van der Waals surface area contributed by atoms with Crippen LogP contribution in [-0.4, -0.2) is 67.3 Å². The molecule has 0 aliphatic carbocycles. The van der Waals surface area contributed by atoms with Gasteiger partial charge in [0.15, 0.2) is 11.5 Å². The SMILES string of the molecule is COc1cc(C=CC=CC(=O)O)ccc1OCCCN1CCCN(C(c2ccccc2)c2ccccc2)CC1. The average molecular weight is 527 g/mol. The van der Waals surface area contributed by atoms with Crippen LogP contribution in [0.1, 0.15) is 35.6 Å². The van der Waals surface area contributed by atoms with E-state index in [1.54, 1.807) is 13.2 Å². The van der Waals surface area contributed by atoms with Crippen molar-refractivity contribution in [2.45, 2.75) is 18.9 Å². The summed E-state index contributed by atoms with van der Waals surface area (Å²) < 4.78 is 11.6. The highest BCUT2D eigenvalue weighted by molar-refractivity contribution is 5.80. The molecule has 3 aromatic rings. The van der Waals surface area contributed by atoms with Gasteiger partial charge < -0.3 is 19.5 Å². The lowest BCUT2D eigenvalue weighted by molar-refractivity contribution is -0.131. The van der Waals surface area contributed by atoms with Gasteiger partial charge in [0.1, 0.15) is 0 Å². The molecule has 39 heavy (non-hydrogen) atoms. The summed E-state index contributed by atoms with van der Waals surface area (Å²) in [6, 6.07) is 27.7. The van der Waals surface area contributed by atoms with Crippen LogP contribution in [0, 0.1) is 0 Å². The first kappa shape index (κ1) is 28.1. The van der Waals surface area contributed by atoms with Gasteiger partial charge in [0.05, 0.1) is 19.8 Å². The highest BCUT2D eigenvalue weighted by Crippen LogP contribution is 2.30. The van der Waals surface area contributed by atoms with Gasteiger partial charge in [-0.15, -0.1) is 0 Å².